The Morgan fingerprint density at radius 1 is 1.53 bits per heavy atom. The van der Waals surface area contributed by atoms with E-state index in [4.69, 9.17) is 4.74 Å². The number of methoxy groups -OCH3 is 1. The van der Waals surface area contributed by atoms with E-state index >= 15 is 0 Å². The summed E-state index contributed by atoms with van der Waals surface area (Å²) in [5, 5.41) is 6.94. The molecule has 17 heavy (non-hydrogen) atoms. The number of anilines is 1. The molecule has 6 heteroatoms. The Bertz CT molecular complexity index is 574. The minimum Gasteiger partial charge on any atom is -0.480 e. The zero-order valence-electron chi connectivity index (χ0n) is 9.38. The molecule has 0 aromatic carbocycles. The average Bonchev–Trinajstić information content (AvgIpc) is 3.10. The molecule has 2 aromatic rings. The fourth-order valence-corrected chi connectivity index (χ4v) is 1.61. The maximum Gasteiger partial charge on any atom is 0.231 e. The Morgan fingerprint density at radius 2 is 2.35 bits per heavy atom. The van der Waals surface area contributed by atoms with Gasteiger partial charge in [0, 0.05) is 12.0 Å². The molecule has 0 spiro atoms. The SMILES string of the molecule is COc1ccc2nc(NC(=O)C3CC3)cn2n1. The van der Waals surface area contributed by atoms with E-state index in [2.05, 4.69) is 15.4 Å². The van der Waals surface area contributed by atoms with Crippen LogP contribution in [0, 0.1) is 5.92 Å². The molecule has 0 unspecified atom stereocenters. The predicted octanol–water partition coefficient (Wildman–Crippen LogP) is 1.09. The third-order valence-electron chi connectivity index (χ3n) is 2.70. The molecule has 3 rings (SSSR count). The van der Waals surface area contributed by atoms with Crippen LogP contribution in [0.15, 0.2) is 18.3 Å². The van der Waals surface area contributed by atoms with Crippen molar-refractivity contribution in [3.63, 3.8) is 0 Å². The van der Waals surface area contributed by atoms with Crippen molar-refractivity contribution in [2.75, 3.05) is 12.4 Å². The van der Waals surface area contributed by atoms with Crippen molar-refractivity contribution >= 4 is 17.4 Å². The molecule has 0 aliphatic heterocycles. The van der Waals surface area contributed by atoms with Crippen LogP contribution in [-0.2, 0) is 4.79 Å². The minimum absolute atomic E-state index is 0.0420. The first-order valence-corrected chi connectivity index (χ1v) is 5.47. The zero-order valence-corrected chi connectivity index (χ0v) is 9.38. The fourth-order valence-electron chi connectivity index (χ4n) is 1.61. The van der Waals surface area contributed by atoms with Crippen molar-refractivity contribution in [1.29, 1.82) is 0 Å². The van der Waals surface area contributed by atoms with E-state index in [1.165, 1.54) is 0 Å². The van der Waals surface area contributed by atoms with Crippen LogP contribution < -0.4 is 10.1 Å². The highest BCUT2D eigenvalue weighted by molar-refractivity contribution is 5.93. The van der Waals surface area contributed by atoms with Crippen LogP contribution in [0.4, 0.5) is 5.82 Å². The van der Waals surface area contributed by atoms with Gasteiger partial charge in [0.2, 0.25) is 11.8 Å². The topological polar surface area (TPSA) is 68.5 Å². The molecule has 88 valence electrons. The number of rotatable bonds is 3. The largest absolute Gasteiger partial charge is 0.480 e. The van der Waals surface area contributed by atoms with Gasteiger partial charge in [0.15, 0.2) is 11.5 Å². The van der Waals surface area contributed by atoms with Gasteiger partial charge in [0.25, 0.3) is 0 Å². The summed E-state index contributed by atoms with van der Waals surface area (Å²) < 4.78 is 6.60. The van der Waals surface area contributed by atoms with E-state index in [1.807, 2.05) is 0 Å². The van der Waals surface area contributed by atoms with Crippen molar-refractivity contribution in [3.8, 4) is 5.88 Å². The van der Waals surface area contributed by atoms with Crippen molar-refractivity contribution in [1.82, 2.24) is 14.6 Å². The second kappa shape index (κ2) is 3.73. The molecule has 1 aliphatic carbocycles. The first kappa shape index (κ1) is 10.1. The first-order valence-electron chi connectivity index (χ1n) is 5.47. The van der Waals surface area contributed by atoms with E-state index in [0.717, 1.165) is 12.8 Å². The summed E-state index contributed by atoms with van der Waals surface area (Å²) >= 11 is 0. The van der Waals surface area contributed by atoms with Crippen molar-refractivity contribution in [2.24, 2.45) is 5.92 Å². The van der Waals surface area contributed by atoms with Crippen LogP contribution in [0.5, 0.6) is 5.88 Å². The summed E-state index contributed by atoms with van der Waals surface area (Å²) in [4.78, 5) is 15.8. The van der Waals surface area contributed by atoms with Gasteiger partial charge in [-0.3, -0.25) is 4.79 Å². The lowest BCUT2D eigenvalue weighted by atomic mass is 10.4. The van der Waals surface area contributed by atoms with Crippen LogP contribution in [0.1, 0.15) is 12.8 Å². The highest BCUT2D eigenvalue weighted by atomic mass is 16.5. The molecule has 1 saturated carbocycles. The van der Waals surface area contributed by atoms with Crippen LogP contribution in [-0.4, -0.2) is 27.6 Å². The number of amides is 1. The van der Waals surface area contributed by atoms with Gasteiger partial charge in [-0.15, -0.1) is 5.10 Å². The number of ether oxygens (including phenoxy) is 1. The monoisotopic (exact) mass is 232 g/mol. The average molecular weight is 232 g/mol. The van der Waals surface area contributed by atoms with Gasteiger partial charge in [-0.05, 0) is 18.9 Å². The Labute approximate surface area is 97.6 Å². The first-order chi connectivity index (χ1) is 8.26. The quantitative estimate of drug-likeness (QED) is 0.860. The summed E-state index contributed by atoms with van der Waals surface area (Å²) in [5.74, 6) is 1.25. The maximum atomic E-state index is 11.6. The predicted molar refractivity (Wildman–Crippen MR) is 60.9 cm³/mol. The zero-order chi connectivity index (χ0) is 11.8. The Kier molecular flexibility index (Phi) is 2.21. The van der Waals surface area contributed by atoms with Crippen LogP contribution in [0.25, 0.3) is 5.65 Å². The van der Waals surface area contributed by atoms with Gasteiger partial charge >= 0.3 is 0 Å². The molecule has 0 atom stereocenters. The molecule has 6 nitrogen and oxygen atoms in total. The molecule has 1 aliphatic rings. The third kappa shape index (κ3) is 1.93. The standard InChI is InChI=1S/C11H12N4O2/c1-17-10-5-4-9-12-8(6-15(9)14-10)13-11(16)7-2-3-7/h4-7H,2-3H2,1H3,(H,13,16). The fraction of sp³-hybridized carbons (Fsp3) is 0.364. The summed E-state index contributed by atoms with van der Waals surface area (Å²) in [6.45, 7) is 0. The van der Waals surface area contributed by atoms with Crippen LogP contribution >= 0.6 is 0 Å². The van der Waals surface area contributed by atoms with Crippen molar-refractivity contribution in [3.05, 3.63) is 18.3 Å². The lowest BCUT2D eigenvalue weighted by Crippen LogP contribution is -2.13. The second-order valence-corrected chi connectivity index (χ2v) is 4.07. The molecular formula is C11H12N4O2. The number of hydrogen-bond acceptors (Lipinski definition) is 4. The summed E-state index contributed by atoms with van der Waals surface area (Å²) in [6, 6.07) is 3.52. The number of carbonyl (C=O) groups excluding carboxylic acids is 1. The second-order valence-electron chi connectivity index (χ2n) is 4.07. The molecule has 0 bridgehead atoms. The van der Waals surface area contributed by atoms with Crippen molar-refractivity contribution < 1.29 is 9.53 Å². The van der Waals surface area contributed by atoms with Crippen LogP contribution in [0.3, 0.4) is 0 Å². The molecule has 1 N–H and O–H groups in total. The molecule has 0 saturated heterocycles. The van der Waals surface area contributed by atoms with E-state index in [9.17, 15) is 4.79 Å². The van der Waals surface area contributed by atoms with Gasteiger partial charge in [-0.25, -0.2) is 9.50 Å². The van der Waals surface area contributed by atoms with E-state index in [1.54, 1.807) is 30.0 Å². The maximum absolute atomic E-state index is 11.6. The number of imidazole rings is 1. The molecular weight excluding hydrogens is 220 g/mol. The lowest BCUT2D eigenvalue weighted by molar-refractivity contribution is -0.117. The molecule has 1 fully saturated rings. The molecule has 1 amide bonds. The Morgan fingerprint density at radius 3 is 3.06 bits per heavy atom. The number of fused-ring (bicyclic) bond motifs is 1. The summed E-state index contributed by atoms with van der Waals surface area (Å²) in [7, 11) is 1.56. The van der Waals surface area contributed by atoms with Gasteiger partial charge < -0.3 is 10.1 Å². The number of carbonyl (C=O) groups is 1. The number of aromatic nitrogens is 3. The minimum atomic E-state index is 0.0420. The number of nitrogens with one attached hydrogen (secondary N) is 1. The smallest absolute Gasteiger partial charge is 0.231 e. The normalized spacial score (nSPS) is 14.9. The van der Waals surface area contributed by atoms with Gasteiger partial charge in [-0.2, -0.15) is 0 Å². The Hall–Kier alpha value is -2.11. The van der Waals surface area contributed by atoms with E-state index < -0.39 is 0 Å². The van der Waals surface area contributed by atoms with Crippen LogP contribution in [0.2, 0.25) is 0 Å². The molecule has 2 aromatic heterocycles. The highest BCUT2D eigenvalue weighted by Gasteiger charge is 2.29. The summed E-state index contributed by atoms with van der Waals surface area (Å²) in [5.41, 5.74) is 0.678. The number of hydrogen-bond donors (Lipinski definition) is 1. The van der Waals surface area contributed by atoms with Crippen molar-refractivity contribution in [2.45, 2.75) is 12.8 Å². The van der Waals surface area contributed by atoms with Gasteiger partial charge in [0.1, 0.15) is 0 Å². The number of nitrogens with zero attached hydrogens (tertiary/aromatic N) is 3. The third-order valence-corrected chi connectivity index (χ3v) is 2.70. The van der Waals surface area contributed by atoms with E-state index in [0.29, 0.717) is 17.3 Å². The molecule has 0 radical (unpaired) electrons. The van der Waals surface area contributed by atoms with E-state index in [-0.39, 0.29) is 11.8 Å². The summed E-state index contributed by atoms with van der Waals surface area (Å²) in [6.07, 6.45) is 3.63. The van der Waals surface area contributed by atoms with Gasteiger partial charge in [0.05, 0.1) is 13.3 Å². The van der Waals surface area contributed by atoms with Gasteiger partial charge in [-0.1, -0.05) is 0 Å². The lowest BCUT2D eigenvalue weighted by Gasteiger charge is -1.97. The highest BCUT2D eigenvalue weighted by Crippen LogP contribution is 2.30. The Balaban J connectivity index is 1.87. The molecule has 2 heterocycles.